The summed E-state index contributed by atoms with van der Waals surface area (Å²) in [6.45, 7) is 2.88. The van der Waals surface area contributed by atoms with Gasteiger partial charge in [0, 0.05) is 30.3 Å². The standard InChI is InChI=1S/C23H24ClNO2/c24-22-10-4-2-7-18(22)14-25-15-21-20-9-3-1-6-17(20)11-12-23(21)27-16-19-8-5-13-26-19/h1-4,6-7,9-12,19,25H,5,8,13-16H2. The lowest BCUT2D eigenvalue weighted by Gasteiger charge is -2.17. The molecule has 1 saturated heterocycles. The van der Waals surface area contributed by atoms with E-state index >= 15 is 0 Å². The average Bonchev–Trinajstić information content (AvgIpc) is 3.22. The highest BCUT2D eigenvalue weighted by atomic mass is 35.5. The van der Waals surface area contributed by atoms with Crippen LogP contribution in [-0.4, -0.2) is 19.3 Å². The number of hydrogen-bond acceptors (Lipinski definition) is 3. The number of fused-ring (bicyclic) bond motifs is 1. The number of halogens is 1. The van der Waals surface area contributed by atoms with E-state index < -0.39 is 0 Å². The van der Waals surface area contributed by atoms with Gasteiger partial charge in [-0.25, -0.2) is 0 Å². The monoisotopic (exact) mass is 381 g/mol. The van der Waals surface area contributed by atoms with Gasteiger partial charge < -0.3 is 14.8 Å². The predicted molar refractivity (Wildman–Crippen MR) is 110 cm³/mol. The highest BCUT2D eigenvalue weighted by molar-refractivity contribution is 6.31. The Labute approximate surface area is 165 Å². The van der Waals surface area contributed by atoms with Crippen LogP contribution in [0, 0.1) is 0 Å². The predicted octanol–water partition coefficient (Wildman–Crippen LogP) is 5.34. The van der Waals surface area contributed by atoms with Crippen molar-refractivity contribution >= 4 is 22.4 Å². The van der Waals surface area contributed by atoms with Gasteiger partial charge in [0.25, 0.3) is 0 Å². The minimum absolute atomic E-state index is 0.209. The molecule has 27 heavy (non-hydrogen) atoms. The van der Waals surface area contributed by atoms with Gasteiger partial charge in [-0.05, 0) is 41.3 Å². The van der Waals surface area contributed by atoms with Crippen LogP contribution >= 0.6 is 11.6 Å². The van der Waals surface area contributed by atoms with Crippen LogP contribution in [-0.2, 0) is 17.8 Å². The summed E-state index contributed by atoms with van der Waals surface area (Å²) in [6, 6.07) is 20.6. The Hall–Kier alpha value is -2.07. The second-order valence-electron chi connectivity index (χ2n) is 6.90. The Kier molecular flexibility index (Phi) is 5.93. The fraction of sp³-hybridized carbons (Fsp3) is 0.304. The first kappa shape index (κ1) is 18.3. The van der Waals surface area contributed by atoms with Crippen LogP contribution in [0.2, 0.25) is 5.02 Å². The molecule has 0 amide bonds. The summed E-state index contributed by atoms with van der Waals surface area (Å²) in [4.78, 5) is 0. The lowest BCUT2D eigenvalue weighted by molar-refractivity contribution is 0.0676. The van der Waals surface area contributed by atoms with Crippen LogP contribution in [0.1, 0.15) is 24.0 Å². The number of hydrogen-bond donors (Lipinski definition) is 1. The largest absolute Gasteiger partial charge is 0.491 e. The summed E-state index contributed by atoms with van der Waals surface area (Å²) in [5.74, 6) is 0.927. The van der Waals surface area contributed by atoms with Crippen LogP contribution in [0.25, 0.3) is 10.8 Å². The first-order chi connectivity index (χ1) is 13.3. The molecule has 1 atom stereocenters. The molecule has 0 spiro atoms. The van der Waals surface area contributed by atoms with E-state index in [2.05, 4.69) is 41.7 Å². The van der Waals surface area contributed by atoms with E-state index in [0.717, 1.165) is 35.8 Å². The Morgan fingerprint density at radius 3 is 2.70 bits per heavy atom. The molecule has 1 fully saturated rings. The number of ether oxygens (including phenoxy) is 2. The van der Waals surface area contributed by atoms with Gasteiger partial charge in [-0.15, -0.1) is 0 Å². The van der Waals surface area contributed by atoms with Gasteiger partial charge in [-0.1, -0.05) is 60.1 Å². The number of benzene rings is 3. The maximum Gasteiger partial charge on any atom is 0.124 e. The lowest BCUT2D eigenvalue weighted by atomic mass is 10.0. The summed E-state index contributed by atoms with van der Waals surface area (Å²) in [5.41, 5.74) is 2.28. The molecule has 3 aromatic rings. The van der Waals surface area contributed by atoms with Gasteiger partial charge in [0.15, 0.2) is 0 Å². The molecule has 1 aliphatic rings. The molecule has 3 aromatic carbocycles. The van der Waals surface area contributed by atoms with Crippen molar-refractivity contribution in [3.8, 4) is 5.75 Å². The van der Waals surface area contributed by atoms with E-state index in [9.17, 15) is 0 Å². The van der Waals surface area contributed by atoms with Crippen LogP contribution in [0.3, 0.4) is 0 Å². The quantitative estimate of drug-likeness (QED) is 0.599. The average molecular weight is 382 g/mol. The highest BCUT2D eigenvalue weighted by Crippen LogP contribution is 2.29. The summed E-state index contributed by atoms with van der Waals surface area (Å²) in [5, 5.41) is 6.75. The molecule has 1 aliphatic heterocycles. The van der Waals surface area contributed by atoms with Crippen LogP contribution in [0.4, 0.5) is 0 Å². The molecule has 1 unspecified atom stereocenters. The van der Waals surface area contributed by atoms with E-state index in [0.29, 0.717) is 19.7 Å². The van der Waals surface area contributed by atoms with Crippen molar-refractivity contribution in [2.24, 2.45) is 0 Å². The molecule has 4 heteroatoms. The molecular weight excluding hydrogens is 358 g/mol. The third-order valence-corrected chi connectivity index (χ3v) is 5.39. The Bertz CT molecular complexity index is 906. The second kappa shape index (κ2) is 8.75. The lowest BCUT2D eigenvalue weighted by Crippen LogP contribution is -2.18. The van der Waals surface area contributed by atoms with Crippen LogP contribution in [0.5, 0.6) is 5.75 Å². The zero-order chi connectivity index (χ0) is 18.5. The first-order valence-corrected chi connectivity index (χ1v) is 9.88. The Morgan fingerprint density at radius 2 is 1.85 bits per heavy atom. The third-order valence-electron chi connectivity index (χ3n) is 5.02. The minimum Gasteiger partial charge on any atom is -0.491 e. The summed E-state index contributed by atoms with van der Waals surface area (Å²) in [6.07, 6.45) is 2.41. The van der Waals surface area contributed by atoms with Gasteiger partial charge in [0.05, 0.1) is 6.10 Å². The minimum atomic E-state index is 0.209. The second-order valence-corrected chi connectivity index (χ2v) is 7.31. The molecule has 1 heterocycles. The van der Waals surface area contributed by atoms with E-state index in [-0.39, 0.29) is 6.10 Å². The van der Waals surface area contributed by atoms with E-state index in [4.69, 9.17) is 21.1 Å². The van der Waals surface area contributed by atoms with Crippen molar-refractivity contribution in [3.05, 3.63) is 76.8 Å². The van der Waals surface area contributed by atoms with Gasteiger partial charge in [0.1, 0.15) is 12.4 Å². The van der Waals surface area contributed by atoms with E-state index in [1.807, 2.05) is 24.3 Å². The van der Waals surface area contributed by atoms with Gasteiger partial charge in [-0.2, -0.15) is 0 Å². The zero-order valence-electron chi connectivity index (χ0n) is 15.3. The fourth-order valence-corrected chi connectivity index (χ4v) is 3.76. The summed E-state index contributed by atoms with van der Waals surface area (Å²) >= 11 is 6.28. The van der Waals surface area contributed by atoms with Crippen molar-refractivity contribution in [2.75, 3.05) is 13.2 Å². The Morgan fingerprint density at radius 1 is 1.00 bits per heavy atom. The fourth-order valence-electron chi connectivity index (χ4n) is 3.56. The van der Waals surface area contributed by atoms with Crippen molar-refractivity contribution in [1.82, 2.24) is 5.32 Å². The van der Waals surface area contributed by atoms with Gasteiger partial charge >= 0.3 is 0 Å². The molecule has 140 valence electrons. The molecule has 0 aliphatic carbocycles. The first-order valence-electron chi connectivity index (χ1n) is 9.50. The van der Waals surface area contributed by atoms with Crippen molar-refractivity contribution in [2.45, 2.75) is 32.0 Å². The topological polar surface area (TPSA) is 30.5 Å². The van der Waals surface area contributed by atoms with Gasteiger partial charge in [-0.3, -0.25) is 0 Å². The van der Waals surface area contributed by atoms with Crippen LogP contribution < -0.4 is 10.1 Å². The molecule has 0 saturated carbocycles. The number of nitrogens with one attached hydrogen (secondary N) is 1. The maximum atomic E-state index is 6.28. The van der Waals surface area contributed by atoms with E-state index in [1.165, 1.54) is 16.3 Å². The SMILES string of the molecule is Clc1ccccc1CNCc1c(OCC2CCCO2)ccc2ccccc12. The molecule has 0 bridgehead atoms. The smallest absolute Gasteiger partial charge is 0.124 e. The number of rotatable bonds is 7. The molecular formula is C23H24ClNO2. The maximum absolute atomic E-state index is 6.28. The third kappa shape index (κ3) is 4.44. The highest BCUT2D eigenvalue weighted by Gasteiger charge is 2.17. The van der Waals surface area contributed by atoms with Gasteiger partial charge in [0.2, 0.25) is 0 Å². The molecule has 4 rings (SSSR count). The molecule has 3 nitrogen and oxygen atoms in total. The van der Waals surface area contributed by atoms with Crippen molar-refractivity contribution in [3.63, 3.8) is 0 Å². The molecule has 0 aromatic heterocycles. The van der Waals surface area contributed by atoms with Crippen molar-refractivity contribution < 1.29 is 9.47 Å². The Balaban J connectivity index is 1.52. The van der Waals surface area contributed by atoms with E-state index in [1.54, 1.807) is 0 Å². The molecule has 0 radical (unpaired) electrons. The van der Waals surface area contributed by atoms with Crippen molar-refractivity contribution in [1.29, 1.82) is 0 Å². The summed E-state index contributed by atoms with van der Waals surface area (Å²) < 4.78 is 11.9. The zero-order valence-corrected chi connectivity index (χ0v) is 16.0. The molecule has 1 N–H and O–H groups in total. The summed E-state index contributed by atoms with van der Waals surface area (Å²) in [7, 11) is 0. The van der Waals surface area contributed by atoms with Crippen LogP contribution in [0.15, 0.2) is 60.7 Å². The normalized spacial score (nSPS) is 16.7.